The summed E-state index contributed by atoms with van der Waals surface area (Å²) in [7, 11) is 1.67. The van der Waals surface area contributed by atoms with Gasteiger partial charge in [0.05, 0.1) is 11.3 Å². The van der Waals surface area contributed by atoms with Crippen molar-refractivity contribution in [1.82, 2.24) is 5.32 Å². The quantitative estimate of drug-likeness (QED) is 0.467. The number of carbonyl (C=O) groups is 2. The van der Waals surface area contributed by atoms with Gasteiger partial charge in [0.1, 0.15) is 5.75 Å². The predicted molar refractivity (Wildman–Crippen MR) is 133 cm³/mol. The molecule has 0 radical (unpaired) electrons. The lowest BCUT2D eigenvalue weighted by Gasteiger charge is -2.21. The third kappa shape index (κ3) is 6.45. The van der Waals surface area contributed by atoms with E-state index in [1.807, 2.05) is 60.7 Å². The SMILES string of the molecule is CCC(C)c1ccccc1OCC(=O)N(C)c1ccccc1C(=O)NCCc1ccccc1. The fourth-order valence-corrected chi connectivity index (χ4v) is 3.63. The van der Waals surface area contributed by atoms with Crippen molar-refractivity contribution in [2.45, 2.75) is 32.6 Å². The molecule has 0 heterocycles. The van der Waals surface area contributed by atoms with Crippen molar-refractivity contribution in [2.75, 3.05) is 25.1 Å². The summed E-state index contributed by atoms with van der Waals surface area (Å²) in [5, 5.41) is 2.96. The average molecular weight is 445 g/mol. The number of carbonyl (C=O) groups excluding carboxylic acids is 2. The van der Waals surface area contributed by atoms with Gasteiger partial charge in [0.25, 0.3) is 11.8 Å². The van der Waals surface area contributed by atoms with Gasteiger partial charge in [-0.3, -0.25) is 9.59 Å². The van der Waals surface area contributed by atoms with Crippen LogP contribution in [-0.4, -0.2) is 32.0 Å². The van der Waals surface area contributed by atoms with E-state index < -0.39 is 0 Å². The molecule has 3 aromatic carbocycles. The van der Waals surface area contributed by atoms with Crippen molar-refractivity contribution in [3.05, 3.63) is 95.6 Å². The van der Waals surface area contributed by atoms with Crippen LogP contribution in [0.4, 0.5) is 5.69 Å². The van der Waals surface area contributed by atoms with Gasteiger partial charge in [-0.05, 0) is 48.1 Å². The largest absolute Gasteiger partial charge is 0.483 e. The van der Waals surface area contributed by atoms with E-state index in [9.17, 15) is 9.59 Å². The second-order valence-electron chi connectivity index (χ2n) is 8.10. The number of nitrogens with one attached hydrogen (secondary N) is 1. The fourth-order valence-electron chi connectivity index (χ4n) is 3.63. The van der Waals surface area contributed by atoms with E-state index in [1.54, 1.807) is 25.2 Å². The van der Waals surface area contributed by atoms with Crippen LogP contribution < -0.4 is 15.0 Å². The summed E-state index contributed by atoms with van der Waals surface area (Å²) < 4.78 is 5.89. The maximum absolute atomic E-state index is 12.9. The molecule has 5 heteroatoms. The number of rotatable bonds is 10. The molecule has 0 saturated carbocycles. The lowest BCUT2D eigenvalue weighted by atomic mass is 9.98. The highest BCUT2D eigenvalue weighted by Gasteiger charge is 2.19. The van der Waals surface area contributed by atoms with Gasteiger partial charge in [0.2, 0.25) is 0 Å². The Morgan fingerprint density at radius 2 is 1.61 bits per heavy atom. The van der Waals surface area contributed by atoms with Gasteiger partial charge in [-0.1, -0.05) is 74.5 Å². The smallest absolute Gasteiger partial charge is 0.264 e. The molecular formula is C28H32N2O3. The summed E-state index contributed by atoms with van der Waals surface area (Å²) in [5.74, 6) is 0.637. The Labute approximate surface area is 196 Å². The van der Waals surface area contributed by atoms with E-state index in [1.165, 1.54) is 4.90 Å². The molecule has 5 nitrogen and oxygen atoms in total. The molecule has 1 atom stereocenters. The van der Waals surface area contributed by atoms with Crippen molar-refractivity contribution in [1.29, 1.82) is 0 Å². The number of nitrogens with zero attached hydrogens (tertiary/aromatic N) is 1. The molecule has 3 aromatic rings. The van der Waals surface area contributed by atoms with E-state index in [-0.39, 0.29) is 18.4 Å². The molecule has 0 aliphatic heterocycles. The first-order valence-corrected chi connectivity index (χ1v) is 11.4. The molecule has 3 rings (SSSR count). The van der Waals surface area contributed by atoms with Crippen LogP contribution in [0.15, 0.2) is 78.9 Å². The molecule has 0 saturated heterocycles. The van der Waals surface area contributed by atoms with Crippen LogP contribution in [0.5, 0.6) is 5.75 Å². The van der Waals surface area contributed by atoms with E-state index in [0.717, 1.165) is 29.7 Å². The predicted octanol–water partition coefficient (Wildman–Crippen LogP) is 5.21. The molecule has 2 amide bonds. The number of ether oxygens (including phenoxy) is 1. The molecule has 0 spiro atoms. The Bertz CT molecular complexity index is 1070. The summed E-state index contributed by atoms with van der Waals surface area (Å²) in [6.45, 7) is 4.68. The van der Waals surface area contributed by atoms with Crippen LogP contribution in [0.1, 0.15) is 47.7 Å². The first-order valence-electron chi connectivity index (χ1n) is 11.4. The summed E-state index contributed by atoms with van der Waals surface area (Å²) >= 11 is 0. The Kier molecular flexibility index (Phi) is 8.64. The van der Waals surface area contributed by atoms with Gasteiger partial charge in [-0.15, -0.1) is 0 Å². The highest BCUT2D eigenvalue weighted by atomic mass is 16.5. The maximum Gasteiger partial charge on any atom is 0.264 e. The van der Waals surface area contributed by atoms with Crippen molar-refractivity contribution < 1.29 is 14.3 Å². The third-order valence-corrected chi connectivity index (χ3v) is 5.84. The van der Waals surface area contributed by atoms with Gasteiger partial charge in [0, 0.05) is 13.6 Å². The number of hydrogen-bond acceptors (Lipinski definition) is 3. The van der Waals surface area contributed by atoms with Crippen molar-refractivity contribution >= 4 is 17.5 Å². The highest BCUT2D eigenvalue weighted by molar-refractivity contribution is 6.04. The van der Waals surface area contributed by atoms with Gasteiger partial charge in [-0.25, -0.2) is 0 Å². The molecule has 1 N–H and O–H groups in total. The topological polar surface area (TPSA) is 58.6 Å². The lowest BCUT2D eigenvalue weighted by Crippen LogP contribution is -2.34. The molecule has 172 valence electrons. The zero-order chi connectivity index (χ0) is 23.6. The van der Waals surface area contributed by atoms with Crippen LogP contribution in [0.25, 0.3) is 0 Å². The monoisotopic (exact) mass is 444 g/mol. The lowest BCUT2D eigenvalue weighted by molar-refractivity contribution is -0.120. The first-order chi connectivity index (χ1) is 16.0. The van der Waals surface area contributed by atoms with E-state index in [2.05, 4.69) is 19.2 Å². The van der Waals surface area contributed by atoms with Crippen LogP contribution in [0.2, 0.25) is 0 Å². The van der Waals surface area contributed by atoms with Crippen LogP contribution >= 0.6 is 0 Å². The normalized spacial score (nSPS) is 11.5. The van der Waals surface area contributed by atoms with Gasteiger partial charge >= 0.3 is 0 Å². The molecule has 0 fully saturated rings. The number of benzene rings is 3. The summed E-state index contributed by atoms with van der Waals surface area (Å²) in [6, 6.07) is 24.9. The molecule has 0 aliphatic rings. The average Bonchev–Trinajstić information content (AvgIpc) is 2.87. The van der Waals surface area contributed by atoms with Gasteiger partial charge < -0.3 is 15.0 Å². The molecule has 0 aromatic heterocycles. The Morgan fingerprint density at radius 3 is 2.36 bits per heavy atom. The Hall–Kier alpha value is -3.60. The standard InChI is InChI=1S/C28H32N2O3/c1-4-21(2)23-14-9-11-17-26(23)33-20-27(31)30(3)25-16-10-8-15-24(25)28(32)29-19-18-22-12-6-5-7-13-22/h5-17,21H,4,18-20H2,1-3H3,(H,29,32). The van der Waals surface area contributed by atoms with Crippen LogP contribution in [-0.2, 0) is 11.2 Å². The second-order valence-corrected chi connectivity index (χ2v) is 8.10. The molecular weight excluding hydrogens is 412 g/mol. The second kappa shape index (κ2) is 11.9. The maximum atomic E-state index is 12.9. The minimum Gasteiger partial charge on any atom is -0.483 e. The minimum atomic E-state index is -0.224. The van der Waals surface area contributed by atoms with E-state index in [4.69, 9.17) is 4.74 Å². The summed E-state index contributed by atoms with van der Waals surface area (Å²) in [5.41, 5.74) is 3.27. The fraction of sp³-hybridized carbons (Fsp3) is 0.286. The van der Waals surface area contributed by atoms with Crippen molar-refractivity contribution in [2.24, 2.45) is 0 Å². The molecule has 0 bridgehead atoms. The summed E-state index contributed by atoms with van der Waals surface area (Å²) in [6.07, 6.45) is 1.73. The first kappa shape index (κ1) is 24.1. The zero-order valence-electron chi connectivity index (χ0n) is 19.6. The zero-order valence-corrected chi connectivity index (χ0v) is 19.6. The minimum absolute atomic E-state index is 0.103. The van der Waals surface area contributed by atoms with Crippen molar-refractivity contribution in [3.8, 4) is 5.75 Å². The van der Waals surface area contributed by atoms with Crippen molar-refractivity contribution in [3.63, 3.8) is 0 Å². The number of hydrogen-bond donors (Lipinski definition) is 1. The number of likely N-dealkylation sites (N-methyl/N-ethyl adjacent to an activating group) is 1. The number of para-hydroxylation sites is 2. The number of amides is 2. The van der Waals surface area contributed by atoms with Crippen LogP contribution in [0, 0.1) is 0 Å². The Morgan fingerprint density at radius 1 is 0.939 bits per heavy atom. The van der Waals surface area contributed by atoms with E-state index in [0.29, 0.717) is 23.7 Å². The summed E-state index contributed by atoms with van der Waals surface area (Å²) in [4.78, 5) is 27.2. The third-order valence-electron chi connectivity index (χ3n) is 5.84. The molecule has 33 heavy (non-hydrogen) atoms. The highest BCUT2D eigenvalue weighted by Crippen LogP contribution is 2.28. The molecule has 0 aliphatic carbocycles. The van der Waals surface area contributed by atoms with Gasteiger partial charge in [0.15, 0.2) is 6.61 Å². The van der Waals surface area contributed by atoms with E-state index >= 15 is 0 Å². The van der Waals surface area contributed by atoms with Gasteiger partial charge in [-0.2, -0.15) is 0 Å². The van der Waals surface area contributed by atoms with Crippen LogP contribution in [0.3, 0.4) is 0 Å². The number of anilines is 1. The Balaban J connectivity index is 1.63. The molecule has 1 unspecified atom stereocenters.